The highest BCUT2D eigenvalue weighted by Crippen LogP contribution is 2.25. The van der Waals surface area contributed by atoms with Crippen molar-refractivity contribution in [2.75, 3.05) is 0 Å². The third-order valence-electron chi connectivity index (χ3n) is 3.65. The predicted molar refractivity (Wildman–Crippen MR) is 97.1 cm³/mol. The van der Waals surface area contributed by atoms with E-state index < -0.39 is 17.8 Å². The van der Waals surface area contributed by atoms with Crippen LogP contribution in [0.15, 0.2) is 54.2 Å². The average Bonchev–Trinajstić information content (AvgIpc) is 2.82. The molecule has 0 aromatic heterocycles. The number of imide groups is 1. The van der Waals surface area contributed by atoms with Crippen molar-refractivity contribution in [2.24, 2.45) is 0 Å². The van der Waals surface area contributed by atoms with Crippen LogP contribution in [0, 0.1) is 6.92 Å². The minimum Gasteiger partial charge on any atom is -0.478 e. The van der Waals surface area contributed by atoms with Crippen LogP contribution >= 0.6 is 0 Å². The Labute approximate surface area is 148 Å². The zero-order chi connectivity index (χ0) is 19.1. The van der Waals surface area contributed by atoms with Gasteiger partial charge in [0.15, 0.2) is 0 Å². The van der Waals surface area contributed by atoms with E-state index >= 15 is 0 Å². The highest BCUT2D eigenvalue weighted by molar-refractivity contribution is 6.21. The highest BCUT2D eigenvalue weighted by atomic mass is 16.4. The van der Waals surface area contributed by atoms with Crippen LogP contribution in [0.25, 0.3) is 0 Å². The second kappa shape index (κ2) is 8.78. The second-order valence-electron chi connectivity index (χ2n) is 5.18. The van der Waals surface area contributed by atoms with Gasteiger partial charge in [0.25, 0.3) is 11.8 Å². The summed E-state index contributed by atoms with van der Waals surface area (Å²) >= 11 is 0. The first-order valence-corrected chi connectivity index (χ1v) is 8.09. The normalized spacial score (nSPS) is 14.0. The number of allylic oxidation sites excluding steroid dienone is 1. The minimum absolute atomic E-state index is 0.0244. The van der Waals surface area contributed by atoms with Gasteiger partial charge in [-0.2, -0.15) is 0 Å². The quantitative estimate of drug-likeness (QED) is 0.830. The molecular weight excluding hydrogens is 318 g/mol. The molecule has 1 aromatic carbocycles. The topological polar surface area (TPSA) is 74.7 Å². The molecule has 0 fully saturated rings. The molecule has 1 aromatic rings. The lowest BCUT2D eigenvalue weighted by atomic mass is 10.0. The van der Waals surface area contributed by atoms with Crippen LogP contribution in [0.4, 0.5) is 0 Å². The number of hydrogen-bond donors (Lipinski definition) is 1. The van der Waals surface area contributed by atoms with Crippen molar-refractivity contribution >= 4 is 17.8 Å². The van der Waals surface area contributed by atoms with E-state index in [-0.39, 0.29) is 17.7 Å². The lowest BCUT2D eigenvalue weighted by Gasteiger charge is -2.15. The van der Waals surface area contributed by atoms with Gasteiger partial charge < -0.3 is 5.11 Å². The summed E-state index contributed by atoms with van der Waals surface area (Å²) in [7, 11) is 0. The van der Waals surface area contributed by atoms with Gasteiger partial charge in [-0.1, -0.05) is 50.8 Å². The van der Waals surface area contributed by atoms with E-state index in [1.807, 2.05) is 13.8 Å². The molecular formula is C20H23NO4. The fourth-order valence-corrected chi connectivity index (χ4v) is 2.46. The average molecular weight is 341 g/mol. The van der Waals surface area contributed by atoms with Crippen LogP contribution in [0.5, 0.6) is 0 Å². The molecule has 0 spiro atoms. The largest absolute Gasteiger partial charge is 0.478 e. The summed E-state index contributed by atoms with van der Waals surface area (Å²) in [5.74, 6) is -1.86. The number of carboxylic acid groups (broad SMARTS) is 1. The van der Waals surface area contributed by atoms with Gasteiger partial charge in [-0.05, 0) is 31.0 Å². The molecule has 1 heterocycles. The Balaban J connectivity index is 0.00000151. The summed E-state index contributed by atoms with van der Waals surface area (Å²) in [4.78, 5) is 37.0. The molecule has 132 valence electrons. The second-order valence-corrected chi connectivity index (χ2v) is 5.18. The molecule has 2 rings (SSSR count). The fourth-order valence-electron chi connectivity index (χ4n) is 2.46. The number of amides is 2. The summed E-state index contributed by atoms with van der Waals surface area (Å²) in [5, 5.41) is 9.17. The number of nitrogens with zero attached hydrogens (tertiary/aromatic N) is 1. The van der Waals surface area contributed by atoms with E-state index in [0.29, 0.717) is 16.7 Å². The molecule has 1 N–H and O–H groups in total. The molecule has 0 unspecified atom stereocenters. The fraction of sp³-hybridized carbons (Fsp3) is 0.250. The van der Waals surface area contributed by atoms with E-state index in [1.54, 1.807) is 38.1 Å². The number of carbonyl (C=O) groups is 3. The Kier molecular flexibility index (Phi) is 7.06. The maximum atomic E-state index is 12.4. The molecule has 5 nitrogen and oxygen atoms in total. The molecule has 1 aliphatic rings. The van der Waals surface area contributed by atoms with E-state index in [1.165, 1.54) is 12.1 Å². The first kappa shape index (κ1) is 20.1. The lowest BCUT2D eigenvalue weighted by Crippen LogP contribution is -2.31. The van der Waals surface area contributed by atoms with Crippen molar-refractivity contribution in [1.29, 1.82) is 0 Å². The van der Waals surface area contributed by atoms with Crippen molar-refractivity contribution in [2.45, 2.75) is 34.2 Å². The van der Waals surface area contributed by atoms with Crippen molar-refractivity contribution in [1.82, 2.24) is 4.90 Å². The molecule has 0 saturated carbocycles. The standard InChI is InChI=1S/C18H17NO4.C2H6/c1-4-6-14-13(5-2)16(20)19(17(14)21)10-12-8-7-11(3)15(9-12)18(22)23;1-2/h4-9H,2,10H2,1,3H3,(H,22,23);1-2H3/b6-4-;. The molecule has 0 radical (unpaired) electrons. The molecule has 0 aliphatic carbocycles. The first-order valence-electron chi connectivity index (χ1n) is 8.09. The Morgan fingerprint density at radius 1 is 1.20 bits per heavy atom. The summed E-state index contributed by atoms with van der Waals surface area (Å²) in [6.07, 6.45) is 4.63. The maximum absolute atomic E-state index is 12.4. The van der Waals surface area contributed by atoms with E-state index in [2.05, 4.69) is 6.58 Å². The van der Waals surface area contributed by atoms with Gasteiger partial charge in [0, 0.05) is 0 Å². The Morgan fingerprint density at radius 2 is 1.80 bits per heavy atom. The molecule has 0 saturated heterocycles. The Morgan fingerprint density at radius 3 is 2.32 bits per heavy atom. The number of hydrogen-bond acceptors (Lipinski definition) is 3. The van der Waals surface area contributed by atoms with Gasteiger partial charge >= 0.3 is 5.97 Å². The van der Waals surface area contributed by atoms with Gasteiger partial charge in [0.1, 0.15) is 0 Å². The molecule has 0 bridgehead atoms. The van der Waals surface area contributed by atoms with Crippen LogP contribution in [0.2, 0.25) is 0 Å². The summed E-state index contributed by atoms with van der Waals surface area (Å²) in [6.45, 7) is 11.1. The maximum Gasteiger partial charge on any atom is 0.335 e. The van der Waals surface area contributed by atoms with Crippen molar-refractivity contribution < 1.29 is 19.5 Å². The molecule has 25 heavy (non-hydrogen) atoms. The van der Waals surface area contributed by atoms with Crippen LogP contribution in [-0.4, -0.2) is 27.8 Å². The van der Waals surface area contributed by atoms with Gasteiger partial charge in [0.05, 0.1) is 23.3 Å². The minimum atomic E-state index is -1.04. The molecule has 1 aliphatic heterocycles. The third kappa shape index (κ3) is 4.12. The lowest BCUT2D eigenvalue weighted by molar-refractivity contribution is -0.138. The van der Waals surface area contributed by atoms with Gasteiger partial charge in [-0.15, -0.1) is 0 Å². The third-order valence-corrected chi connectivity index (χ3v) is 3.65. The first-order chi connectivity index (χ1) is 11.9. The van der Waals surface area contributed by atoms with Crippen LogP contribution in [0.1, 0.15) is 42.3 Å². The summed E-state index contributed by atoms with van der Waals surface area (Å²) in [6, 6.07) is 4.86. The van der Waals surface area contributed by atoms with Crippen molar-refractivity contribution in [3.63, 3.8) is 0 Å². The molecule has 2 amide bonds. The number of carboxylic acids is 1. The Bertz CT molecular complexity index is 772. The van der Waals surface area contributed by atoms with E-state index in [4.69, 9.17) is 5.11 Å². The molecule has 0 atom stereocenters. The number of aryl methyl sites for hydroxylation is 1. The van der Waals surface area contributed by atoms with Crippen LogP contribution < -0.4 is 0 Å². The van der Waals surface area contributed by atoms with Crippen molar-refractivity contribution in [3.8, 4) is 0 Å². The van der Waals surface area contributed by atoms with Crippen LogP contribution in [-0.2, 0) is 16.1 Å². The highest BCUT2D eigenvalue weighted by Gasteiger charge is 2.35. The Hall–Kier alpha value is -2.95. The van der Waals surface area contributed by atoms with Crippen molar-refractivity contribution in [3.05, 3.63) is 70.8 Å². The van der Waals surface area contributed by atoms with E-state index in [9.17, 15) is 14.4 Å². The van der Waals surface area contributed by atoms with Gasteiger partial charge in [0.2, 0.25) is 0 Å². The summed E-state index contributed by atoms with van der Waals surface area (Å²) in [5.41, 5.74) is 1.93. The summed E-state index contributed by atoms with van der Waals surface area (Å²) < 4.78 is 0. The van der Waals surface area contributed by atoms with E-state index in [0.717, 1.165) is 4.90 Å². The smallest absolute Gasteiger partial charge is 0.335 e. The van der Waals surface area contributed by atoms with Crippen LogP contribution in [0.3, 0.4) is 0 Å². The zero-order valence-corrected chi connectivity index (χ0v) is 15.0. The van der Waals surface area contributed by atoms with Gasteiger partial charge in [-0.3, -0.25) is 14.5 Å². The predicted octanol–water partition coefficient (Wildman–Crippen LogP) is 3.65. The monoisotopic (exact) mass is 341 g/mol. The SMILES string of the molecule is C=CC1=C(/C=C\C)C(=O)N(Cc2ccc(C)c(C(=O)O)c2)C1=O.CC. The molecule has 5 heteroatoms. The van der Waals surface area contributed by atoms with Gasteiger partial charge in [-0.25, -0.2) is 4.79 Å². The number of aromatic carboxylic acids is 1. The zero-order valence-electron chi connectivity index (χ0n) is 15.0. The number of carbonyl (C=O) groups excluding carboxylic acids is 2. The number of benzene rings is 1. The number of rotatable bonds is 5.